The molecule has 1 fully saturated rings. The zero-order valence-electron chi connectivity index (χ0n) is 14.1. The van der Waals surface area contributed by atoms with Crippen LogP contribution in [0.25, 0.3) is 0 Å². The van der Waals surface area contributed by atoms with Gasteiger partial charge >= 0.3 is 6.03 Å². The average Bonchev–Trinajstić information content (AvgIpc) is 2.86. The average molecular weight is 369 g/mol. The summed E-state index contributed by atoms with van der Waals surface area (Å²) in [5, 5.41) is 3.32. The van der Waals surface area contributed by atoms with E-state index in [0.29, 0.717) is 18.2 Å². The molecule has 5 nitrogen and oxygen atoms in total. The van der Waals surface area contributed by atoms with Crippen LogP contribution in [0.15, 0.2) is 41.8 Å². The number of amides is 2. The second kappa shape index (κ2) is 8.07. The van der Waals surface area contributed by atoms with Crippen LogP contribution in [0.2, 0.25) is 0 Å². The van der Waals surface area contributed by atoms with E-state index >= 15 is 0 Å². The number of anilines is 1. The van der Waals surface area contributed by atoms with Crippen molar-refractivity contribution >= 4 is 33.3 Å². The van der Waals surface area contributed by atoms with E-state index in [1.54, 1.807) is 22.7 Å². The molecule has 1 heterocycles. The Hall–Kier alpha value is -1.47. The number of thioether (sulfide) groups is 1. The summed E-state index contributed by atoms with van der Waals surface area (Å²) in [6.07, 6.45) is 2.10. The van der Waals surface area contributed by atoms with Crippen LogP contribution in [0.3, 0.4) is 0 Å². The number of hydrogen-bond acceptors (Lipinski definition) is 4. The predicted molar refractivity (Wildman–Crippen MR) is 100 cm³/mol. The van der Waals surface area contributed by atoms with Crippen molar-refractivity contribution in [2.75, 3.05) is 23.4 Å². The molecule has 0 radical (unpaired) electrons. The topological polar surface area (TPSA) is 66.5 Å². The lowest BCUT2D eigenvalue weighted by molar-refractivity contribution is 0.201. The predicted octanol–water partition coefficient (Wildman–Crippen LogP) is 3.39. The van der Waals surface area contributed by atoms with E-state index in [9.17, 15) is 13.2 Å². The highest BCUT2D eigenvalue weighted by atomic mass is 32.2. The Balaban J connectivity index is 2.15. The van der Waals surface area contributed by atoms with Gasteiger partial charge in [0.25, 0.3) is 0 Å². The number of rotatable bonds is 6. The van der Waals surface area contributed by atoms with Crippen LogP contribution in [-0.4, -0.2) is 48.7 Å². The van der Waals surface area contributed by atoms with E-state index in [4.69, 9.17) is 0 Å². The summed E-state index contributed by atoms with van der Waals surface area (Å²) >= 11 is 1.67. The van der Waals surface area contributed by atoms with Crippen molar-refractivity contribution in [3.63, 3.8) is 0 Å². The van der Waals surface area contributed by atoms with Crippen molar-refractivity contribution in [2.24, 2.45) is 0 Å². The Labute approximate surface area is 148 Å². The first-order valence-corrected chi connectivity index (χ1v) is 10.7. The monoisotopic (exact) mass is 368 g/mol. The quantitative estimate of drug-likeness (QED) is 0.617. The largest absolute Gasteiger partial charge is 0.322 e. The van der Waals surface area contributed by atoms with Crippen molar-refractivity contribution in [2.45, 2.75) is 36.5 Å². The minimum absolute atomic E-state index is 0.0245. The van der Waals surface area contributed by atoms with Gasteiger partial charge in [-0.3, -0.25) is 0 Å². The molecule has 1 N–H and O–H groups in total. The molecular formula is C17H24N2O3S2. The normalized spacial score (nSPS) is 19.2. The molecule has 0 unspecified atom stereocenters. The SMILES string of the molecule is C=CCN(C(=O)Nc1ccccc1SC(C)C)[C@H]1CCS(=O)(=O)C1. The second-order valence-corrected chi connectivity index (χ2v) is 9.94. The zero-order chi connectivity index (χ0) is 17.7. The number of hydrogen-bond donors (Lipinski definition) is 1. The molecule has 0 aromatic heterocycles. The standard InChI is InChI=1S/C17H24N2O3S2/c1-4-10-19(14-9-11-24(21,22)12-14)17(20)18-15-7-5-6-8-16(15)23-13(2)3/h4-8,13-14H,1,9-12H2,2-3H3,(H,18,20)/t14-/m0/s1. The first-order chi connectivity index (χ1) is 11.3. The molecule has 1 aromatic carbocycles. The highest BCUT2D eigenvalue weighted by molar-refractivity contribution is 8.00. The third kappa shape index (κ3) is 5.01. The number of nitrogens with zero attached hydrogens (tertiary/aromatic N) is 1. The molecule has 7 heteroatoms. The van der Waals surface area contributed by atoms with Gasteiger partial charge in [0.05, 0.1) is 17.2 Å². The third-order valence-electron chi connectivity index (χ3n) is 3.73. The van der Waals surface area contributed by atoms with Gasteiger partial charge in [0, 0.05) is 22.7 Å². The first-order valence-electron chi connectivity index (χ1n) is 7.97. The lowest BCUT2D eigenvalue weighted by Gasteiger charge is -2.27. The second-order valence-electron chi connectivity index (χ2n) is 6.09. The molecule has 132 valence electrons. The van der Waals surface area contributed by atoms with Crippen LogP contribution in [0, 0.1) is 0 Å². The molecule has 1 atom stereocenters. The van der Waals surface area contributed by atoms with Gasteiger partial charge in [-0.15, -0.1) is 18.3 Å². The van der Waals surface area contributed by atoms with Crippen LogP contribution in [0.5, 0.6) is 0 Å². The van der Waals surface area contributed by atoms with Crippen LogP contribution in [0.1, 0.15) is 20.3 Å². The lowest BCUT2D eigenvalue weighted by atomic mass is 10.2. The molecule has 0 spiro atoms. The summed E-state index contributed by atoms with van der Waals surface area (Å²) in [5.74, 6) is 0.162. The van der Waals surface area contributed by atoms with Gasteiger partial charge in [-0.1, -0.05) is 32.1 Å². The van der Waals surface area contributed by atoms with Gasteiger partial charge in [-0.2, -0.15) is 0 Å². The van der Waals surface area contributed by atoms with Crippen molar-refractivity contribution in [1.29, 1.82) is 0 Å². The Morgan fingerprint density at radius 2 is 2.17 bits per heavy atom. The molecule has 24 heavy (non-hydrogen) atoms. The van der Waals surface area contributed by atoms with E-state index in [1.165, 1.54) is 0 Å². The Morgan fingerprint density at radius 3 is 2.75 bits per heavy atom. The van der Waals surface area contributed by atoms with Crippen LogP contribution >= 0.6 is 11.8 Å². The fourth-order valence-corrected chi connectivity index (χ4v) is 5.31. The number of para-hydroxylation sites is 1. The molecular weight excluding hydrogens is 344 g/mol. The minimum atomic E-state index is -3.05. The van der Waals surface area contributed by atoms with Crippen molar-refractivity contribution in [1.82, 2.24) is 4.90 Å². The van der Waals surface area contributed by atoms with E-state index < -0.39 is 9.84 Å². The van der Waals surface area contributed by atoms with E-state index in [-0.39, 0.29) is 23.6 Å². The fraction of sp³-hybridized carbons (Fsp3) is 0.471. The molecule has 2 amide bonds. The van der Waals surface area contributed by atoms with E-state index in [1.807, 2.05) is 24.3 Å². The van der Waals surface area contributed by atoms with E-state index in [0.717, 1.165) is 10.6 Å². The fourth-order valence-electron chi connectivity index (χ4n) is 2.67. The van der Waals surface area contributed by atoms with Crippen LogP contribution in [0.4, 0.5) is 10.5 Å². The number of urea groups is 1. The Kier molecular flexibility index (Phi) is 6.34. The zero-order valence-corrected chi connectivity index (χ0v) is 15.7. The van der Waals surface area contributed by atoms with Crippen molar-refractivity contribution in [3.8, 4) is 0 Å². The number of carbonyl (C=O) groups is 1. The van der Waals surface area contributed by atoms with Gasteiger partial charge in [0.15, 0.2) is 9.84 Å². The van der Waals surface area contributed by atoms with Gasteiger partial charge in [-0.25, -0.2) is 13.2 Å². The summed E-state index contributed by atoms with van der Waals surface area (Å²) in [6, 6.07) is 7.06. The molecule has 0 bridgehead atoms. The third-order valence-corrected chi connectivity index (χ3v) is 6.56. The maximum Gasteiger partial charge on any atom is 0.322 e. The minimum Gasteiger partial charge on any atom is -0.317 e. The summed E-state index contributed by atoms with van der Waals surface area (Å²) in [6.45, 7) is 8.19. The maximum atomic E-state index is 12.7. The van der Waals surface area contributed by atoms with Gasteiger partial charge in [0.1, 0.15) is 0 Å². The molecule has 0 saturated carbocycles. The number of benzene rings is 1. The highest BCUT2D eigenvalue weighted by Gasteiger charge is 2.34. The number of sulfone groups is 1. The first kappa shape index (κ1) is 18.9. The molecule has 1 saturated heterocycles. The van der Waals surface area contributed by atoms with Gasteiger partial charge in [0.2, 0.25) is 0 Å². The van der Waals surface area contributed by atoms with Gasteiger partial charge < -0.3 is 10.2 Å². The number of carbonyl (C=O) groups excluding carboxylic acids is 1. The van der Waals surface area contributed by atoms with Crippen molar-refractivity contribution < 1.29 is 13.2 Å². The Bertz CT molecular complexity index is 702. The smallest absolute Gasteiger partial charge is 0.317 e. The Morgan fingerprint density at radius 1 is 1.46 bits per heavy atom. The molecule has 0 aliphatic carbocycles. The molecule has 2 rings (SSSR count). The summed E-state index contributed by atoms with van der Waals surface area (Å²) < 4.78 is 23.4. The summed E-state index contributed by atoms with van der Waals surface area (Å²) in [4.78, 5) is 15.3. The summed E-state index contributed by atoms with van der Waals surface area (Å²) in [5.41, 5.74) is 0.746. The van der Waals surface area contributed by atoms with Crippen LogP contribution in [-0.2, 0) is 9.84 Å². The molecule has 1 aromatic rings. The summed E-state index contributed by atoms with van der Waals surface area (Å²) in [7, 11) is -3.05. The molecule has 1 aliphatic rings. The highest BCUT2D eigenvalue weighted by Crippen LogP contribution is 2.30. The van der Waals surface area contributed by atoms with Crippen LogP contribution < -0.4 is 5.32 Å². The van der Waals surface area contributed by atoms with E-state index in [2.05, 4.69) is 25.7 Å². The van der Waals surface area contributed by atoms with Crippen molar-refractivity contribution in [3.05, 3.63) is 36.9 Å². The maximum absolute atomic E-state index is 12.7. The molecule has 1 aliphatic heterocycles. The lowest BCUT2D eigenvalue weighted by Crippen LogP contribution is -2.43. The number of nitrogens with one attached hydrogen (secondary N) is 1. The van der Waals surface area contributed by atoms with Gasteiger partial charge in [-0.05, 0) is 18.6 Å².